The molecule has 0 spiro atoms. The number of benzene rings is 1. The second kappa shape index (κ2) is 8.78. The number of carbonyl (C=O) groups excluding carboxylic acids is 1. The quantitative estimate of drug-likeness (QED) is 0.474. The third-order valence-corrected chi connectivity index (χ3v) is 8.55. The van der Waals surface area contributed by atoms with Crippen molar-refractivity contribution >= 4 is 22.4 Å². The Labute approximate surface area is 190 Å². The topological polar surface area (TPSA) is 59.6 Å². The molecule has 7 atom stereocenters. The summed E-state index contributed by atoms with van der Waals surface area (Å²) in [7, 11) is 2.11. The summed E-state index contributed by atoms with van der Waals surface area (Å²) in [5.41, 5.74) is 1.18. The monoisotopic (exact) mass is 444 g/mol. The number of carbonyl (C=O) groups is 1. The zero-order chi connectivity index (χ0) is 22.4. The van der Waals surface area contributed by atoms with E-state index in [1.807, 2.05) is 18.2 Å². The second-order valence-electron chi connectivity index (χ2n) is 11.0. The summed E-state index contributed by atoms with van der Waals surface area (Å²) in [5.74, 6) is 1.49. The highest BCUT2D eigenvalue weighted by molar-refractivity contribution is 7.13. The van der Waals surface area contributed by atoms with Crippen LogP contribution in [0.4, 0.5) is 0 Å². The van der Waals surface area contributed by atoms with Crippen LogP contribution in [-0.4, -0.2) is 36.7 Å². The van der Waals surface area contributed by atoms with Crippen LogP contribution in [0.1, 0.15) is 59.4 Å². The van der Waals surface area contributed by atoms with Gasteiger partial charge >= 0.3 is 7.12 Å². The minimum atomic E-state index is -0.390. The van der Waals surface area contributed by atoms with Crippen molar-refractivity contribution in [3.63, 3.8) is 0 Å². The van der Waals surface area contributed by atoms with Gasteiger partial charge in [0.25, 0.3) is 0 Å². The lowest BCUT2D eigenvalue weighted by atomic mass is 9.43. The third-order valence-electron chi connectivity index (χ3n) is 8.15. The van der Waals surface area contributed by atoms with E-state index in [0.717, 1.165) is 18.4 Å². The van der Waals surface area contributed by atoms with Gasteiger partial charge in [-0.25, -0.2) is 0 Å². The van der Waals surface area contributed by atoms with E-state index < -0.39 is 7.12 Å². The lowest BCUT2D eigenvalue weighted by Gasteiger charge is -2.64. The van der Waals surface area contributed by atoms with E-state index in [-0.39, 0.29) is 29.6 Å². The molecule has 0 radical (unpaired) electrons. The van der Waals surface area contributed by atoms with Gasteiger partial charge in [-0.05, 0) is 61.3 Å². The molecule has 4 fully saturated rings. The summed E-state index contributed by atoms with van der Waals surface area (Å²) in [6, 6.07) is 9.78. The molecule has 1 aromatic carbocycles. The lowest BCUT2D eigenvalue weighted by Crippen LogP contribution is -2.65. The third kappa shape index (κ3) is 4.34. The van der Waals surface area contributed by atoms with Gasteiger partial charge in [0.15, 0.2) is 0 Å². The van der Waals surface area contributed by atoms with Crippen LogP contribution in [0.25, 0.3) is 0 Å². The number of hydrogen-bond acceptors (Lipinski definition) is 4. The predicted molar refractivity (Wildman–Crippen MR) is 128 cm³/mol. The van der Waals surface area contributed by atoms with Crippen LogP contribution in [0.2, 0.25) is 0 Å². The van der Waals surface area contributed by atoms with Crippen molar-refractivity contribution < 1.29 is 14.1 Å². The fourth-order valence-electron chi connectivity index (χ4n) is 6.18. The predicted octanol–water partition coefficient (Wildman–Crippen LogP) is 3.78. The molecular formula is C24H38BN2O3P. The van der Waals surface area contributed by atoms with Crippen molar-refractivity contribution in [2.24, 2.45) is 23.2 Å². The van der Waals surface area contributed by atoms with Crippen LogP contribution < -0.4 is 10.4 Å². The number of rotatable bonds is 8. The minimum absolute atomic E-state index is 0.0126. The summed E-state index contributed by atoms with van der Waals surface area (Å²) < 4.78 is 13.2. The maximum atomic E-state index is 13.2. The Morgan fingerprint density at radius 3 is 2.55 bits per heavy atom. The Kier molecular flexibility index (Phi) is 6.58. The first kappa shape index (κ1) is 23.2. The number of hydrogen-bond donors (Lipinski definition) is 2. The van der Waals surface area contributed by atoms with Gasteiger partial charge in [0, 0.05) is 0 Å². The highest BCUT2D eigenvalue weighted by Crippen LogP contribution is 2.65. The van der Waals surface area contributed by atoms with Crippen LogP contribution in [0.3, 0.4) is 0 Å². The van der Waals surface area contributed by atoms with E-state index in [0.29, 0.717) is 29.6 Å². The van der Waals surface area contributed by atoms with Gasteiger partial charge < -0.3 is 14.6 Å². The van der Waals surface area contributed by atoms with Crippen molar-refractivity contribution in [1.82, 2.24) is 10.4 Å². The van der Waals surface area contributed by atoms with E-state index in [4.69, 9.17) is 9.31 Å². The average Bonchev–Trinajstić information content (AvgIpc) is 3.08. The van der Waals surface area contributed by atoms with Crippen molar-refractivity contribution in [2.45, 2.75) is 84.0 Å². The number of amides is 1. The Morgan fingerprint density at radius 2 is 1.94 bits per heavy atom. The summed E-state index contributed by atoms with van der Waals surface area (Å²) >= 11 is 0. The highest BCUT2D eigenvalue weighted by Gasteiger charge is 2.68. The molecule has 7 heteroatoms. The smallest absolute Gasteiger partial charge is 0.404 e. The van der Waals surface area contributed by atoms with E-state index in [1.54, 1.807) is 0 Å². The summed E-state index contributed by atoms with van der Waals surface area (Å²) in [6.07, 6.45) is 3.87. The molecular weight excluding hydrogens is 406 g/mol. The first-order valence-corrected chi connectivity index (χ1v) is 12.4. The molecule has 5 nitrogen and oxygen atoms in total. The van der Waals surface area contributed by atoms with Gasteiger partial charge in [-0.3, -0.25) is 9.88 Å². The highest BCUT2D eigenvalue weighted by atomic mass is 31.0. The maximum absolute atomic E-state index is 13.2. The largest absolute Gasteiger partial charge is 0.481 e. The maximum Gasteiger partial charge on any atom is 0.481 e. The van der Waals surface area contributed by atoms with E-state index >= 15 is 0 Å². The minimum Gasteiger partial charge on any atom is -0.404 e. The molecule has 1 heterocycles. The molecule has 2 N–H and O–H groups in total. The van der Waals surface area contributed by atoms with Crippen molar-refractivity contribution in [3.8, 4) is 0 Å². The second-order valence-corrected chi connectivity index (χ2v) is 11.3. The van der Waals surface area contributed by atoms with Gasteiger partial charge in [0.1, 0.15) is 0 Å². The Hall–Kier alpha value is -0.935. The first-order valence-electron chi connectivity index (χ1n) is 11.8. The Morgan fingerprint density at radius 1 is 1.23 bits per heavy atom. The molecule has 1 amide bonds. The molecule has 1 saturated heterocycles. The number of nitrogens with one attached hydrogen (secondary N) is 2. The molecule has 3 aliphatic carbocycles. The van der Waals surface area contributed by atoms with Gasteiger partial charge in [-0.15, -0.1) is 0 Å². The standard InChI is InChI=1S/C24H38BN2O3P/c1-15(2)11-21(26-22(28)18(27-31)12-16-9-7-6-8-10-16)25-29-20-14-17-13-19(23(17,3)4)24(20,5)30-25/h6-10,15,17-21,27H,11-14,31H2,1-5H3,(H,26,28)/t17?,18-,19-,20?,21?,24-/m0/s1. The molecule has 4 unspecified atom stereocenters. The van der Waals surface area contributed by atoms with Crippen LogP contribution in [0, 0.1) is 23.2 Å². The fraction of sp³-hybridized carbons (Fsp3) is 0.708. The normalized spacial score (nSPS) is 32.9. The summed E-state index contributed by atoms with van der Waals surface area (Å²) in [4.78, 5) is 13.2. The molecule has 1 aromatic rings. The molecule has 4 aliphatic rings. The van der Waals surface area contributed by atoms with E-state index in [1.165, 1.54) is 6.42 Å². The van der Waals surface area contributed by atoms with Crippen LogP contribution >= 0.6 is 9.39 Å². The molecule has 3 saturated carbocycles. The molecule has 31 heavy (non-hydrogen) atoms. The van der Waals surface area contributed by atoms with Gasteiger partial charge in [0.2, 0.25) is 5.91 Å². The fourth-order valence-corrected chi connectivity index (χ4v) is 6.45. The van der Waals surface area contributed by atoms with Crippen LogP contribution in [-0.2, 0) is 20.5 Å². The SMILES string of the molecule is CC(C)CC(NC(=O)[C@H](Cc1ccccc1)NP)B1OC2CC3C[C@@H](C3(C)C)[C@]2(C)O1. The average molecular weight is 444 g/mol. The summed E-state index contributed by atoms with van der Waals surface area (Å²) in [6.45, 7) is 11.3. The van der Waals surface area contributed by atoms with Crippen LogP contribution in [0.15, 0.2) is 30.3 Å². The molecule has 2 bridgehead atoms. The van der Waals surface area contributed by atoms with Crippen molar-refractivity contribution in [1.29, 1.82) is 0 Å². The lowest BCUT2D eigenvalue weighted by molar-refractivity contribution is -0.199. The van der Waals surface area contributed by atoms with Gasteiger partial charge in [-0.1, -0.05) is 67.4 Å². The van der Waals surface area contributed by atoms with Crippen molar-refractivity contribution in [2.75, 3.05) is 0 Å². The first-order chi connectivity index (χ1) is 14.6. The van der Waals surface area contributed by atoms with Crippen LogP contribution in [0.5, 0.6) is 0 Å². The molecule has 1 aliphatic heterocycles. The Bertz CT molecular complexity index is 792. The van der Waals surface area contributed by atoms with Gasteiger partial charge in [0.05, 0.1) is 23.7 Å². The molecule has 0 aromatic heterocycles. The van der Waals surface area contributed by atoms with Gasteiger partial charge in [-0.2, -0.15) is 0 Å². The zero-order valence-corrected chi connectivity index (χ0v) is 20.7. The van der Waals surface area contributed by atoms with E-state index in [2.05, 4.69) is 66.5 Å². The van der Waals surface area contributed by atoms with Crippen molar-refractivity contribution in [3.05, 3.63) is 35.9 Å². The molecule has 170 valence electrons. The van der Waals surface area contributed by atoms with E-state index in [9.17, 15) is 4.79 Å². The summed E-state index contributed by atoms with van der Waals surface area (Å²) in [5, 5.41) is 6.38. The Balaban J connectivity index is 1.46. The molecule has 5 rings (SSSR count). The zero-order valence-electron chi connectivity index (χ0n) is 19.6.